The lowest BCUT2D eigenvalue weighted by molar-refractivity contribution is 0.414. The van der Waals surface area contributed by atoms with E-state index < -0.39 is 0 Å². The molecule has 0 fully saturated rings. The Morgan fingerprint density at radius 1 is 0.960 bits per heavy atom. The van der Waals surface area contributed by atoms with Crippen LogP contribution in [0.1, 0.15) is 21.6 Å². The van der Waals surface area contributed by atoms with Crippen molar-refractivity contribution in [2.45, 2.75) is 13.3 Å². The highest BCUT2D eigenvalue weighted by atomic mass is 32.1. The van der Waals surface area contributed by atoms with Crippen molar-refractivity contribution in [3.63, 3.8) is 0 Å². The van der Waals surface area contributed by atoms with Gasteiger partial charge in [-0.3, -0.25) is 0 Å². The molecule has 0 aliphatic heterocycles. The molecule has 0 aliphatic rings. The summed E-state index contributed by atoms with van der Waals surface area (Å²) in [6.07, 6.45) is 3.10. The van der Waals surface area contributed by atoms with Crippen molar-refractivity contribution < 1.29 is 9.47 Å². The third-order valence-corrected chi connectivity index (χ3v) is 5.07. The predicted octanol–water partition coefficient (Wildman–Crippen LogP) is 5.86. The highest BCUT2D eigenvalue weighted by Crippen LogP contribution is 2.37. The summed E-state index contributed by atoms with van der Waals surface area (Å²) in [5.74, 6) is 1.81. The molecule has 3 aromatic rings. The van der Waals surface area contributed by atoms with Crippen LogP contribution in [-0.4, -0.2) is 14.2 Å². The average Bonchev–Trinajstić information content (AvgIpc) is 3.03. The van der Waals surface area contributed by atoms with Crippen molar-refractivity contribution in [2.24, 2.45) is 0 Å². The largest absolute Gasteiger partial charge is 0.497 e. The zero-order valence-electron chi connectivity index (χ0n) is 14.8. The molecular formula is C22H22O2S. The Morgan fingerprint density at radius 3 is 2.32 bits per heavy atom. The summed E-state index contributed by atoms with van der Waals surface area (Å²) >= 11 is 1.73. The molecule has 3 heteroatoms. The van der Waals surface area contributed by atoms with Crippen molar-refractivity contribution in [1.82, 2.24) is 0 Å². The van der Waals surface area contributed by atoms with Crippen LogP contribution in [0, 0.1) is 6.92 Å². The second-order valence-corrected chi connectivity index (χ2v) is 6.92. The fraction of sp³-hybridized carbons (Fsp3) is 0.182. The van der Waals surface area contributed by atoms with Crippen LogP contribution < -0.4 is 9.47 Å². The summed E-state index contributed by atoms with van der Waals surface area (Å²) < 4.78 is 10.9. The summed E-state index contributed by atoms with van der Waals surface area (Å²) in [7, 11) is 3.42. The lowest BCUT2D eigenvalue weighted by atomic mass is 9.96. The number of methoxy groups -OCH3 is 2. The molecular weight excluding hydrogens is 328 g/mol. The van der Waals surface area contributed by atoms with Gasteiger partial charge in [0.1, 0.15) is 11.5 Å². The van der Waals surface area contributed by atoms with Crippen LogP contribution in [0.25, 0.3) is 11.6 Å². The monoisotopic (exact) mass is 350 g/mol. The van der Waals surface area contributed by atoms with Gasteiger partial charge >= 0.3 is 0 Å². The first-order chi connectivity index (χ1) is 12.2. The predicted molar refractivity (Wildman–Crippen MR) is 107 cm³/mol. The number of rotatable bonds is 6. The van der Waals surface area contributed by atoms with Crippen molar-refractivity contribution in [3.8, 4) is 11.5 Å². The van der Waals surface area contributed by atoms with Crippen molar-refractivity contribution in [1.29, 1.82) is 0 Å². The lowest BCUT2D eigenvalue weighted by Crippen LogP contribution is -1.95. The van der Waals surface area contributed by atoms with E-state index in [1.165, 1.54) is 21.6 Å². The summed E-state index contributed by atoms with van der Waals surface area (Å²) in [5, 5.41) is 2.08. The van der Waals surface area contributed by atoms with E-state index in [1.807, 2.05) is 18.2 Å². The summed E-state index contributed by atoms with van der Waals surface area (Å²) in [6, 6.07) is 18.7. The van der Waals surface area contributed by atoms with Crippen LogP contribution in [0.5, 0.6) is 11.5 Å². The number of hydrogen-bond donors (Lipinski definition) is 0. The fourth-order valence-electron chi connectivity index (χ4n) is 2.90. The Balaban J connectivity index is 2.04. The van der Waals surface area contributed by atoms with Crippen LogP contribution in [0.2, 0.25) is 0 Å². The number of benzene rings is 2. The van der Waals surface area contributed by atoms with E-state index in [4.69, 9.17) is 9.47 Å². The van der Waals surface area contributed by atoms with Crippen LogP contribution in [0.4, 0.5) is 0 Å². The smallest absolute Gasteiger partial charge is 0.137 e. The minimum absolute atomic E-state index is 0.862. The van der Waals surface area contributed by atoms with E-state index in [2.05, 4.69) is 54.8 Å². The Hall–Kier alpha value is -2.52. The number of ether oxygens (including phenoxy) is 2. The molecule has 3 rings (SSSR count). The highest BCUT2D eigenvalue weighted by molar-refractivity contribution is 7.10. The van der Waals surface area contributed by atoms with E-state index in [-0.39, 0.29) is 0 Å². The normalized spacial score (nSPS) is 11.4. The van der Waals surface area contributed by atoms with E-state index in [0.29, 0.717) is 0 Å². The topological polar surface area (TPSA) is 18.5 Å². The van der Waals surface area contributed by atoms with Gasteiger partial charge in [0.25, 0.3) is 0 Å². The highest BCUT2D eigenvalue weighted by Gasteiger charge is 2.15. The van der Waals surface area contributed by atoms with Crippen LogP contribution in [0.3, 0.4) is 0 Å². The third-order valence-electron chi connectivity index (χ3n) is 4.18. The van der Waals surface area contributed by atoms with Gasteiger partial charge in [0.05, 0.1) is 14.2 Å². The first-order valence-corrected chi connectivity index (χ1v) is 9.10. The Kier molecular flexibility index (Phi) is 5.56. The van der Waals surface area contributed by atoms with Gasteiger partial charge in [0.15, 0.2) is 0 Å². The van der Waals surface area contributed by atoms with Gasteiger partial charge in [-0.2, -0.15) is 0 Å². The maximum atomic E-state index is 5.61. The van der Waals surface area contributed by atoms with Gasteiger partial charge < -0.3 is 9.47 Å². The molecule has 0 spiro atoms. The lowest BCUT2D eigenvalue weighted by Gasteiger charge is -2.11. The minimum Gasteiger partial charge on any atom is -0.497 e. The molecule has 0 N–H and O–H groups in total. The van der Waals surface area contributed by atoms with Crippen molar-refractivity contribution in [2.75, 3.05) is 14.2 Å². The molecule has 0 saturated carbocycles. The molecule has 0 radical (unpaired) electrons. The summed E-state index contributed by atoms with van der Waals surface area (Å²) in [6.45, 7) is 2.15. The van der Waals surface area contributed by atoms with E-state index >= 15 is 0 Å². The van der Waals surface area contributed by atoms with Gasteiger partial charge in [-0.25, -0.2) is 0 Å². The van der Waals surface area contributed by atoms with Gasteiger partial charge in [-0.05, 0) is 42.2 Å². The van der Waals surface area contributed by atoms with Crippen molar-refractivity contribution in [3.05, 3.63) is 81.5 Å². The molecule has 0 amide bonds. The van der Waals surface area contributed by atoms with Crippen LogP contribution >= 0.6 is 11.3 Å². The minimum atomic E-state index is 0.862. The van der Waals surface area contributed by atoms with E-state index in [1.54, 1.807) is 25.6 Å². The van der Waals surface area contributed by atoms with Gasteiger partial charge in [-0.15, -0.1) is 11.3 Å². The molecule has 128 valence electrons. The zero-order valence-corrected chi connectivity index (χ0v) is 15.6. The molecule has 1 heterocycles. The van der Waals surface area contributed by atoms with Crippen LogP contribution in [0.15, 0.2) is 60.0 Å². The molecule has 0 saturated heterocycles. The number of hydrogen-bond acceptors (Lipinski definition) is 3. The van der Waals surface area contributed by atoms with Gasteiger partial charge in [0, 0.05) is 15.8 Å². The van der Waals surface area contributed by atoms with E-state index in [9.17, 15) is 0 Å². The molecule has 0 unspecified atom stereocenters. The molecule has 2 nitrogen and oxygen atoms in total. The number of allylic oxidation sites excluding steroid dienone is 1. The Morgan fingerprint density at radius 2 is 1.68 bits per heavy atom. The standard InChI is InChI=1S/C22H22O2S/c1-16-22(21(24-3)15-25-16)19(13-17-7-5-4-6-8-17)14-18-9-11-20(23-2)12-10-18/h4-12,14-15H,13H2,1-3H3. The first kappa shape index (κ1) is 17.3. The molecule has 0 bridgehead atoms. The average molecular weight is 350 g/mol. The van der Waals surface area contributed by atoms with Crippen molar-refractivity contribution >= 4 is 23.0 Å². The Labute approximate surface area is 153 Å². The zero-order chi connectivity index (χ0) is 17.6. The number of thiophene rings is 1. The quantitative estimate of drug-likeness (QED) is 0.554. The van der Waals surface area contributed by atoms with Crippen LogP contribution in [-0.2, 0) is 6.42 Å². The number of aryl methyl sites for hydroxylation is 1. The van der Waals surface area contributed by atoms with E-state index in [0.717, 1.165) is 23.5 Å². The maximum Gasteiger partial charge on any atom is 0.137 e. The summed E-state index contributed by atoms with van der Waals surface area (Å²) in [5.41, 5.74) is 4.90. The fourth-order valence-corrected chi connectivity index (χ4v) is 3.74. The second kappa shape index (κ2) is 8.04. The third kappa shape index (κ3) is 4.12. The molecule has 0 aliphatic carbocycles. The maximum absolute atomic E-state index is 5.61. The van der Waals surface area contributed by atoms with Gasteiger partial charge in [-0.1, -0.05) is 48.5 Å². The Bertz CT molecular complexity index is 845. The second-order valence-electron chi connectivity index (χ2n) is 5.84. The first-order valence-electron chi connectivity index (χ1n) is 8.22. The SMILES string of the molecule is COc1ccc(C=C(Cc2ccccc2)c2c(OC)csc2C)cc1. The molecule has 1 aromatic heterocycles. The summed E-state index contributed by atoms with van der Waals surface area (Å²) in [4.78, 5) is 1.27. The molecule has 0 atom stereocenters. The van der Waals surface area contributed by atoms with Gasteiger partial charge in [0.2, 0.25) is 0 Å². The molecule has 2 aromatic carbocycles. The molecule has 25 heavy (non-hydrogen) atoms.